The standard InChI is InChI=1S/C18H22N2O/c1-21-18-9-7-16(8-10-18)19-17-11-12-20(14-17)13-15-5-3-2-4-6-15/h2-10,17,19H,11-14H2,1H3. The Bertz CT molecular complexity index is 553. The zero-order chi connectivity index (χ0) is 14.5. The molecule has 3 nitrogen and oxygen atoms in total. The van der Waals surface area contributed by atoms with Gasteiger partial charge in [0.05, 0.1) is 7.11 Å². The second-order valence-electron chi connectivity index (χ2n) is 5.58. The average Bonchev–Trinajstić information content (AvgIpc) is 2.96. The van der Waals surface area contributed by atoms with E-state index in [1.807, 2.05) is 12.1 Å². The molecule has 1 heterocycles. The van der Waals surface area contributed by atoms with Crippen LogP contribution >= 0.6 is 0 Å². The van der Waals surface area contributed by atoms with Crippen LogP contribution in [0.15, 0.2) is 54.6 Å². The minimum absolute atomic E-state index is 0.530. The van der Waals surface area contributed by atoms with E-state index >= 15 is 0 Å². The summed E-state index contributed by atoms with van der Waals surface area (Å²) in [6.45, 7) is 3.30. The summed E-state index contributed by atoms with van der Waals surface area (Å²) in [7, 11) is 1.70. The molecule has 0 radical (unpaired) electrons. The molecule has 1 saturated heterocycles. The number of methoxy groups -OCH3 is 1. The largest absolute Gasteiger partial charge is 0.497 e. The molecule has 1 N–H and O–H groups in total. The molecule has 1 fully saturated rings. The van der Waals surface area contributed by atoms with E-state index in [9.17, 15) is 0 Å². The Labute approximate surface area is 126 Å². The normalized spacial score (nSPS) is 18.6. The predicted octanol–water partition coefficient (Wildman–Crippen LogP) is 3.38. The van der Waals surface area contributed by atoms with E-state index in [1.54, 1.807) is 7.11 Å². The molecule has 0 saturated carbocycles. The summed E-state index contributed by atoms with van der Waals surface area (Å²) in [4.78, 5) is 2.51. The first kappa shape index (κ1) is 14.0. The van der Waals surface area contributed by atoms with Crippen LogP contribution in [0.5, 0.6) is 5.75 Å². The molecule has 1 aliphatic heterocycles. The third kappa shape index (κ3) is 3.76. The van der Waals surface area contributed by atoms with E-state index in [0.29, 0.717) is 6.04 Å². The van der Waals surface area contributed by atoms with Gasteiger partial charge in [-0.15, -0.1) is 0 Å². The Kier molecular flexibility index (Phi) is 4.41. The monoisotopic (exact) mass is 282 g/mol. The number of hydrogen-bond acceptors (Lipinski definition) is 3. The van der Waals surface area contributed by atoms with Crippen molar-refractivity contribution in [3.63, 3.8) is 0 Å². The number of nitrogens with one attached hydrogen (secondary N) is 1. The summed E-state index contributed by atoms with van der Waals surface area (Å²) in [5.74, 6) is 0.901. The van der Waals surface area contributed by atoms with Crippen molar-refractivity contribution in [1.29, 1.82) is 0 Å². The van der Waals surface area contributed by atoms with Gasteiger partial charge in [0.25, 0.3) is 0 Å². The van der Waals surface area contributed by atoms with Gasteiger partial charge in [0.15, 0.2) is 0 Å². The Morgan fingerprint density at radius 3 is 2.57 bits per heavy atom. The number of hydrogen-bond donors (Lipinski definition) is 1. The van der Waals surface area contributed by atoms with Crippen LogP contribution in [0.3, 0.4) is 0 Å². The molecule has 3 heteroatoms. The molecule has 1 atom stereocenters. The number of ether oxygens (including phenoxy) is 1. The summed E-state index contributed by atoms with van der Waals surface area (Å²) < 4.78 is 5.19. The van der Waals surface area contributed by atoms with Gasteiger partial charge in [0.1, 0.15) is 5.75 Å². The van der Waals surface area contributed by atoms with E-state index in [2.05, 4.69) is 52.7 Å². The van der Waals surface area contributed by atoms with Gasteiger partial charge in [0, 0.05) is 31.4 Å². The summed E-state index contributed by atoms with van der Waals surface area (Å²) in [6, 6.07) is 19.4. The Morgan fingerprint density at radius 2 is 1.86 bits per heavy atom. The Morgan fingerprint density at radius 1 is 1.10 bits per heavy atom. The highest BCUT2D eigenvalue weighted by Gasteiger charge is 2.22. The van der Waals surface area contributed by atoms with Crippen LogP contribution in [0, 0.1) is 0 Å². The van der Waals surface area contributed by atoms with Crippen molar-refractivity contribution >= 4 is 5.69 Å². The molecule has 1 aliphatic rings. The zero-order valence-electron chi connectivity index (χ0n) is 12.5. The maximum atomic E-state index is 5.19. The van der Waals surface area contributed by atoms with E-state index in [1.165, 1.54) is 17.7 Å². The van der Waals surface area contributed by atoms with Crippen molar-refractivity contribution in [3.8, 4) is 5.75 Å². The highest BCUT2D eigenvalue weighted by molar-refractivity contribution is 5.47. The molecule has 0 aromatic heterocycles. The zero-order valence-corrected chi connectivity index (χ0v) is 12.5. The minimum Gasteiger partial charge on any atom is -0.497 e. The minimum atomic E-state index is 0.530. The average molecular weight is 282 g/mol. The quantitative estimate of drug-likeness (QED) is 0.910. The van der Waals surface area contributed by atoms with Gasteiger partial charge in [-0.05, 0) is 36.2 Å². The van der Waals surface area contributed by atoms with Crippen molar-refractivity contribution in [2.24, 2.45) is 0 Å². The summed E-state index contributed by atoms with van der Waals surface area (Å²) in [5.41, 5.74) is 2.56. The van der Waals surface area contributed by atoms with Crippen LogP contribution in [-0.2, 0) is 6.54 Å². The van der Waals surface area contributed by atoms with Crippen molar-refractivity contribution in [2.75, 3.05) is 25.5 Å². The molecule has 21 heavy (non-hydrogen) atoms. The number of rotatable bonds is 5. The lowest BCUT2D eigenvalue weighted by Gasteiger charge is -2.17. The molecule has 0 aliphatic carbocycles. The fourth-order valence-electron chi connectivity index (χ4n) is 2.86. The molecule has 2 aromatic rings. The molecule has 110 valence electrons. The van der Waals surface area contributed by atoms with Crippen molar-refractivity contribution < 1.29 is 4.74 Å². The lowest BCUT2D eigenvalue weighted by atomic mass is 10.2. The molecule has 0 spiro atoms. The molecule has 0 bridgehead atoms. The lowest BCUT2D eigenvalue weighted by molar-refractivity contribution is 0.328. The predicted molar refractivity (Wildman–Crippen MR) is 86.7 cm³/mol. The van der Waals surface area contributed by atoms with Crippen LogP contribution in [0.25, 0.3) is 0 Å². The molecular formula is C18H22N2O. The lowest BCUT2D eigenvalue weighted by Crippen LogP contribution is -2.25. The van der Waals surface area contributed by atoms with E-state index < -0.39 is 0 Å². The maximum absolute atomic E-state index is 5.19. The van der Waals surface area contributed by atoms with E-state index in [-0.39, 0.29) is 0 Å². The summed E-state index contributed by atoms with van der Waals surface area (Å²) in [5, 5.41) is 3.61. The first-order valence-corrected chi connectivity index (χ1v) is 7.50. The Balaban J connectivity index is 1.52. The van der Waals surface area contributed by atoms with Gasteiger partial charge in [-0.25, -0.2) is 0 Å². The second-order valence-corrected chi connectivity index (χ2v) is 5.58. The first-order valence-electron chi connectivity index (χ1n) is 7.50. The number of nitrogens with zero attached hydrogens (tertiary/aromatic N) is 1. The second kappa shape index (κ2) is 6.64. The third-order valence-electron chi connectivity index (χ3n) is 3.98. The van der Waals surface area contributed by atoms with Crippen LogP contribution < -0.4 is 10.1 Å². The van der Waals surface area contributed by atoms with Crippen LogP contribution in [-0.4, -0.2) is 31.1 Å². The Hall–Kier alpha value is -2.00. The van der Waals surface area contributed by atoms with Gasteiger partial charge < -0.3 is 10.1 Å². The fraction of sp³-hybridized carbons (Fsp3) is 0.333. The van der Waals surface area contributed by atoms with Gasteiger partial charge in [-0.3, -0.25) is 4.90 Å². The van der Waals surface area contributed by atoms with Gasteiger partial charge in [-0.1, -0.05) is 30.3 Å². The maximum Gasteiger partial charge on any atom is 0.119 e. The van der Waals surface area contributed by atoms with Gasteiger partial charge in [-0.2, -0.15) is 0 Å². The highest BCUT2D eigenvalue weighted by atomic mass is 16.5. The topological polar surface area (TPSA) is 24.5 Å². The smallest absolute Gasteiger partial charge is 0.119 e. The van der Waals surface area contributed by atoms with E-state index in [0.717, 1.165) is 25.4 Å². The molecular weight excluding hydrogens is 260 g/mol. The van der Waals surface area contributed by atoms with Crippen LogP contribution in [0.2, 0.25) is 0 Å². The molecule has 2 aromatic carbocycles. The van der Waals surface area contributed by atoms with Crippen molar-refractivity contribution in [1.82, 2.24) is 4.90 Å². The van der Waals surface area contributed by atoms with Crippen molar-refractivity contribution in [3.05, 3.63) is 60.2 Å². The van der Waals surface area contributed by atoms with Crippen LogP contribution in [0.4, 0.5) is 5.69 Å². The molecule has 1 unspecified atom stereocenters. The molecule has 3 rings (SSSR count). The van der Waals surface area contributed by atoms with Crippen LogP contribution in [0.1, 0.15) is 12.0 Å². The van der Waals surface area contributed by atoms with Crippen molar-refractivity contribution in [2.45, 2.75) is 19.0 Å². The first-order chi connectivity index (χ1) is 10.3. The number of anilines is 1. The third-order valence-corrected chi connectivity index (χ3v) is 3.98. The van der Waals surface area contributed by atoms with E-state index in [4.69, 9.17) is 4.74 Å². The summed E-state index contributed by atoms with van der Waals surface area (Å²) in [6.07, 6.45) is 1.19. The summed E-state index contributed by atoms with van der Waals surface area (Å²) >= 11 is 0. The highest BCUT2D eigenvalue weighted by Crippen LogP contribution is 2.20. The van der Waals surface area contributed by atoms with Gasteiger partial charge >= 0.3 is 0 Å². The molecule has 0 amide bonds. The van der Waals surface area contributed by atoms with Gasteiger partial charge in [0.2, 0.25) is 0 Å². The number of likely N-dealkylation sites (tertiary alicyclic amines) is 1. The SMILES string of the molecule is COc1ccc(NC2CCN(Cc3ccccc3)C2)cc1. The number of benzene rings is 2. The fourth-order valence-corrected chi connectivity index (χ4v) is 2.86.